The fourth-order valence-electron chi connectivity index (χ4n) is 3.43. The summed E-state index contributed by atoms with van der Waals surface area (Å²) in [6.45, 7) is 5.72. The summed E-state index contributed by atoms with van der Waals surface area (Å²) in [5.41, 5.74) is 0.888. The molecule has 0 amide bonds. The minimum atomic E-state index is 0. The molecule has 1 aliphatic rings. The lowest BCUT2D eigenvalue weighted by atomic mass is 10.2. The molecule has 0 unspecified atom stereocenters. The van der Waals surface area contributed by atoms with Crippen LogP contribution in [-0.2, 0) is 13.0 Å². The van der Waals surface area contributed by atoms with Crippen molar-refractivity contribution in [2.75, 3.05) is 39.8 Å². The molecule has 1 saturated heterocycles. The molecule has 10 heteroatoms. The van der Waals surface area contributed by atoms with E-state index in [0.29, 0.717) is 29.7 Å². The molecule has 1 N–H and O–H groups in total. The highest BCUT2D eigenvalue weighted by Crippen LogP contribution is 2.18. The van der Waals surface area contributed by atoms with E-state index in [1.165, 1.54) is 4.88 Å². The second-order valence-electron chi connectivity index (χ2n) is 7.09. The number of aromatic nitrogens is 2. The summed E-state index contributed by atoms with van der Waals surface area (Å²) in [5, 5.41) is 10.3. The van der Waals surface area contributed by atoms with Gasteiger partial charge in [0.2, 0.25) is 11.7 Å². The molecule has 1 aromatic carbocycles. The van der Waals surface area contributed by atoms with Gasteiger partial charge in [0.25, 0.3) is 0 Å². The van der Waals surface area contributed by atoms with Gasteiger partial charge in [0, 0.05) is 68.2 Å². The Kier molecular flexibility index (Phi) is 9.12. The zero-order chi connectivity index (χ0) is 20.8. The van der Waals surface area contributed by atoms with Crippen molar-refractivity contribution in [3.05, 3.63) is 57.6 Å². The number of hydrogen-bond acceptors (Lipinski definition) is 6. The molecule has 1 aliphatic heterocycles. The first-order valence-electron chi connectivity index (χ1n) is 10.00. The van der Waals surface area contributed by atoms with E-state index >= 15 is 0 Å². The summed E-state index contributed by atoms with van der Waals surface area (Å²) in [7, 11) is 1.83. The minimum absolute atomic E-state index is 0. The summed E-state index contributed by atoms with van der Waals surface area (Å²) < 4.78 is 5.38. The number of rotatable bonds is 6. The van der Waals surface area contributed by atoms with Gasteiger partial charge in [-0.2, -0.15) is 4.98 Å². The summed E-state index contributed by atoms with van der Waals surface area (Å²) in [6, 6.07) is 11.7. The zero-order valence-electron chi connectivity index (χ0n) is 17.3. The summed E-state index contributed by atoms with van der Waals surface area (Å²) in [4.78, 5) is 15.1. The molecular formula is C21H26ClIN6OS. The number of thiophene rings is 1. The fourth-order valence-corrected chi connectivity index (χ4v) is 4.30. The van der Waals surface area contributed by atoms with Crippen molar-refractivity contribution in [1.29, 1.82) is 0 Å². The highest BCUT2D eigenvalue weighted by atomic mass is 127. The molecule has 0 radical (unpaired) electrons. The monoisotopic (exact) mass is 572 g/mol. The standard InChI is InChI=1S/C21H25ClN6OS.HI/c1-23-21(28-12-10-27(11-13-28)15-18-3-2-14-30-18)24-9-8-19-25-20(26-29-19)16-4-6-17(22)7-5-16;/h2-7,14H,8-13,15H2,1H3,(H,23,24);1H. The largest absolute Gasteiger partial charge is 0.356 e. The third-order valence-corrected chi connectivity index (χ3v) is 6.15. The first-order chi connectivity index (χ1) is 14.7. The number of halogens is 2. The molecule has 0 aliphatic carbocycles. The van der Waals surface area contributed by atoms with Crippen LogP contribution < -0.4 is 5.32 Å². The van der Waals surface area contributed by atoms with Gasteiger partial charge in [0.1, 0.15) is 0 Å². The number of nitrogens with one attached hydrogen (secondary N) is 1. The fraction of sp³-hybridized carbons (Fsp3) is 0.381. The van der Waals surface area contributed by atoms with Crippen LogP contribution in [0.25, 0.3) is 11.4 Å². The van der Waals surface area contributed by atoms with E-state index in [2.05, 4.69) is 47.8 Å². The number of piperazine rings is 1. The second-order valence-corrected chi connectivity index (χ2v) is 8.55. The molecule has 3 aromatic rings. The van der Waals surface area contributed by atoms with Crippen LogP contribution in [0.4, 0.5) is 0 Å². The number of benzene rings is 1. The molecule has 7 nitrogen and oxygen atoms in total. The molecular weight excluding hydrogens is 547 g/mol. The van der Waals surface area contributed by atoms with Gasteiger partial charge < -0.3 is 14.7 Å². The Morgan fingerprint density at radius 2 is 1.97 bits per heavy atom. The number of guanidine groups is 1. The van der Waals surface area contributed by atoms with Gasteiger partial charge in [-0.15, -0.1) is 35.3 Å². The minimum Gasteiger partial charge on any atom is -0.356 e. The zero-order valence-corrected chi connectivity index (χ0v) is 21.2. The van der Waals surface area contributed by atoms with Crippen molar-refractivity contribution < 1.29 is 4.52 Å². The summed E-state index contributed by atoms with van der Waals surface area (Å²) >= 11 is 7.75. The van der Waals surface area contributed by atoms with Gasteiger partial charge in [-0.1, -0.05) is 22.8 Å². The van der Waals surface area contributed by atoms with E-state index < -0.39 is 0 Å². The third-order valence-electron chi connectivity index (χ3n) is 5.04. The van der Waals surface area contributed by atoms with Crippen LogP contribution in [0.2, 0.25) is 5.02 Å². The van der Waals surface area contributed by atoms with Crippen LogP contribution in [0.3, 0.4) is 0 Å². The van der Waals surface area contributed by atoms with E-state index in [-0.39, 0.29) is 24.0 Å². The summed E-state index contributed by atoms with van der Waals surface area (Å²) in [5.74, 6) is 2.10. The first-order valence-corrected chi connectivity index (χ1v) is 11.3. The number of hydrogen-bond donors (Lipinski definition) is 1. The van der Waals surface area contributed by atoms with Gasteiger partial charge in [-0.25, -0.2) is 0 Å². The van der Waals surface area contributed by atoms with Crippen LogP contribution >= 0.6 is 46.9 Å². The molecule has 4 rings (SSSR count). The van der Waals surface area contributed by atoms with E-state index in [1.54, 1.807) is 0 Å². The summed E-state index contributed by atoms with van der Waals surface area (Å²) in [6.07, 6.45) is 0.637. The molecule has 1 fully saturated rings. The van der Waals surface area contributed by atoms with E-state index in [9.17, 15) is 0 Å². The average molecular weight is 573 g/mol. The maximum absolute atomic E-state index is 5.93. The molecule has 0 bridgehead atoms. The highest BCUT2D eigenvalue weighted by molar-refractivity contribution is 14.0. The topological polar surface area (TPSA) is 69.8 Å². The van der Waals surface area contributed by atoms with Gasteiger partial charge in [-0.05, 0) is 35.7 Å². The quantitative estimate of drug-likeness (QED) is 0.274. The predicted octanol–water partition coefficient (Wildman–Crippen LogP) is 4.01. The van der Waals surface area contributed by atoms with Crippen molar-refractivity contribution >= 4 is 52.9 Å². The van der Waals surface area contributed by atoms with Gasteiger partial charge in [0.15, 0.2) is 5.96 Å². The van der Waals surface area contributed by atoms with Crippen molar-refractivity contribution in [3.8, 4) is 11.4 Å². The lowest BCUT2D eigenvalue weighted by Gasteiger charge is -2.36. The Morgan fingerprint density at radius 1 is 1.19 bits per heavy atom. The molecule has 0 spiro atoms. The number of aliphatic imine (C=N–C) groups is 1. The van der Waals surface area contributed by atoms with Crippen LogP contribution in [0.1, 0.15) is 10.8 Å². The molecule has 2 aromatic heterocycles. The second kappa shape index (κ2) is 11.8. The van der Waals surface area contributed by atoms with E-state index in [4.69, 9.17) is 16.1 Å². The van der Waals surface area contributed by atoms with Gasteiger partial charge >= 0.3 is 0 Å². The molecule has 31 heavy (non-hydrogen) atoms. The Hall–Kier alpha value is -1.69. The van der Waals surface area contributed by atoms with Crippen LogP contribution in [0.5, 0.6) is 0 Å². The number of nitrogens with zero attached hydrogens (tertiary/aromatic N) is 5. The lowest BCUT2D eigenvalue weighted by Crippen LogP contribution is -2.52. The molecule has 0 atom stereocenters. The third kappa shape index (κ3) is 6.64. The average Bonchev–Trinajstić information content (AvgIpc) is 3.45. The predicted molar refractivity (Wildman–Crippen MR) is 136 cm³/mol. The van der Waals surface area contributed by atoms with Crippen molar-refractivity contribution in [2.24, 2.45) is 4.99 Å². The van der Waals surface area contributed by atoms with E-state index in [0.717, 1.165) is 44.2 Å². The Balaban J connectivity index is 0.00000272. The molecule has 0 saturated carbocycles. The van der Waals surface area contributed by atoms with Crippen molar-refractivity contribution in [3.63, 3.8) is 0 Å². The molecule has 166 valence electrons. The van der Waals surface area contributed by atoms with Crippen molar-refractivity contribution in [1.82, 2.24) is 25.3 Å². The van der Waals surface area contributed by atoms with Crippen LogP contribution in [0, 0.1) is 0 Å². The maximum atomic E-state index is 5.93. The Bertz CT molecular complexity index is 955. The van der Waals surface area contributed by atoms with E-state index in [1.807, 2.05) is 42.6 Å². The molecule has 3 heterocycles. The normalized spacial score (nSPS) is 15.0. The Morgan fingerprint density at radius 3 is 2.65 bits per heavy atom. The smallest absolute Gasteiger partial charge is 0.228 e. The highest BCUT2D eigenvalue weighted by Gasteiger charge is 2.20. The van der Waals surface area contributed by atoms with Gasteiger partial charge in [-0.3, -0.25) is 9.89 Å². The maximum Gasteiger partial charge on any atom is 0.228 e. The van der Waals surface area contributed by atoms with Crippen LogP contribution in [-0.4, -0.2) is 65.7 Å². The SMILES string of the molecule is CN=C(NCCc1nc(-c2ccc(Cl)cc2)no1)N1CCN(Cc2cccs2)CC1.I. The Labute approximate surface area is 208 Å². The lowest BCUT2D eigenvalue weighted by molar-refractivity contribution is 0.174. The van der Waals surface area contributed by atoms with Crippen LogP contribution in [0.15, 0.2) is 51.3 Å². The van der Waals surface area contributed by atoms with Crippen molar-refractivity contribution in [2.45, 2.75) is 13.0 Å². The van der Waals surface area contributed by atoms with Gasteiger partial charge in [0.05, 0.1) is 0 Å². The first kappa shape index (κ1) is 24.0.